The highest BCUT2D eigenvalue weighted by atomic mass is 16.5. The van der Waals surface area contributed by atoms with Gasteiger partial charge in [0.25, 0.3) is 0 Å². The fourth-order valence-electron chi connectivity index (χ4n) is 2.49. The van der Waals surface area contributed by atoms with Crippen molar-refractivity contribution in [1.82, 2.24) is 10.2 Å². The summed E-state index contributed by atoms with van der Waals surface area (Å²) >= 11 is 0. The van der Waals surface area contributed by atoms with Gasteiger partial charge in [0.1, 0.15) is 0 Å². The lowest BCUT2D eigenvalue weighted by Gasteiger charge is -2.32. The van der Waals surface area contributed by atoms with Crippen LogP contribution in [0.4, 0.5) is 0 Å². The maximum atomic E-state index is 12.2. The van der Waals surface area contributed by atoms with E-state index in [0.717, 1.165) is 12.0 Å². The molecule has 1 aliphatic heterocycles. The van der Waals surface area contributed by atoms with Gasteiger partial charge in [0, 0.05) is 12.6 Å². The first-order valence-electron chi connectivity index (χ1n) is 8.29. The lowest BCUT2D eigenvalue weighted by Crippen LogP contribution is -2.52. The van der Waals surface area contributed by atoms with Crippen LogP contribution in [0, 0.1) is 0 Å². The van der Waals surface area contributed by atoms with Crippen LogP contribution in [-0.2, 0) is 20.9 Å². The van der Waals surface area contributed by atoms with Gasteiger partial charge in [-0.05, 0) is 32.9 Å². The topological polar surface area (TPSA) is 50.8 Å². The van der Waals surface area contributed by atoms with E-state index in [-0.39, 0.29) is 18.1 Å². The predicted octanol–water partition coefficient (Wildman–Crippen LogP) is 1.82. The molecule has 23 heavy (non-hydrogen) atoms. The van der Waals surface area contributed by atoms with Crippen LogP contribution < -0.4 is 5.32 Å². The van der Waals surface area contributed by atoms with Crippen molar-refractivity contribution in [3.63, 3.8) is 0 Å². The van der Waals surface area contributed by atoms with Crippen LogP contribution in [0.5, 0.6) is 0 Å². The standard InChI is InChI=1S/C18H28N2O3/c1-14(2)20(3)11-18(21)19-16-13-22-10-9-17(16)23-12-15-7-5-4-6-8-15/h4-8,14,16-17H,9-13H2,1-3H3,(H,19,21)/t16-,17+/m1/s1. The molecular formula is C18H28N2O3. The van der Waals surface area contributed by atoms with Gasteiger partial charge in [-0.3, -0.25) is 9.69 Å². The Morgan fingerprint density at radius 3 is 2.83 bits per heavy atom. The van der Waals surface area contributed by atoms with Gasteiger partial charge in [-0.2, -0.15) is 0 Å². The molecule has 1 aromatic rings. The number of rotatable bonds is 7. The number of amides is 1. The van der Waals surface area contributed by atoms with Crippen LogP contribution in [-0.4, -0.2) is 55.8 Å². The smallest absolute Gasteiger partial charge is 0.234 e. The van der Waals surface area contributed by atoms with Crippen LogP contribution in [0.15, 0.2) is 30.3 Å². The molecular weight excluding hydrogens is 292 g/mol. The fourth-order valence-corrected chi connectivity index (χ4v) is 2.49. The molecule has 0 unspecified atom stereocenters. The Bertz CT molecular complexity index is 478. The molecule has 1 N–H and O–H groups in total. The summed E-state index contributed by atoms with van der Waals surface area (Å²) in [7, 11) is 1.95. The maximum Gasteiger partial charge on any atom is 0.234 e. The van der Waals surface area contributed by atoms with Crippen LogP contribution in [0.25, 0.3) is 0 Å². The van der Waals surface area contributed by atoms with Gasteiger partial charge in [-0.15, -0.1) is 0 Å². The molecule has 0 saturated carbocycles. The number of hydrogen-bond acceptors (Lipinski definition) is 4. The van der Waals surface area contributed by atoms with Gasteiger partial charge in [0.15, 0.2) is 0 Å². The quantitative estimate of drug-likeness (QED) is 0.832. The number of nitrogens with zero attached hydrogens (tertiary/aromatic N) is 1. The molecule has 0 bridgehead atoms. The lowest BCUT2D eigenvalue weighted by molar-refractivity contribution is -0.127. The third kappa shape index (κ3) is 5.94. The molecule has 0 spiro atoms. The fraction of sp³-hybridized carbons (Fsp3) is 0.611. The molecule has 1 aromatic carbocycles. The van der Waals surface area contributed by atoms with Crippen molar-refractivity contribution in [2.75, 3.05) is 26.8 Å². The number of hydrogen-bond donors (Lipinski definition) is 1. The van der Waals surface area contributed by atoms with E-state index < -0.39 is 0 Å². The first-order chi connectivity index (χ1) is 11.1. The highest BCUT2D eigenvalue weighted by Crippen LogP contribution is 2.14. The Morgan fingerprint density at radius 1 is 1.39 bits per heavy atom. The Morgan fingerprint density at radius 2 is 2.13 bits per heavy atom. The third-order valence-corrected chi connectivity index (χ3v) is 4.22. The van der Waals surface area contributed by atoms with Crippen molar-refractivity contribution in [3.8, 4) is 0 Å². The molecule has 1 aliphatic rings. The van der Waals surface area contributed by atoms with E-state index in [1.165, 1.54) is 0 Å². The van der Waals surface area contributed by atoms with Crippen LogP contribution in [0.2, 0.25) is 0 Å². The molecule has 2 atom stereocenters. The molecule has 0 radical (unpaired) electrons. The van der Waals surface area contributed by atoms with Crippen molar-refractivity contribution in [1.29, 1.82) is 0 Å². The van der Waals surface area contributed by atoms with Crippen molar-refractivity contribution in [2.24, 2.45) is 0 Å². The second-order valence-corrected chi connectivity index (χ2v) is 6.38. The Balaban J connectivity index is 1.84. The summed E-state index contributed by atoms with van der Waals surface area (Å²) in [6, 6.07) is 10.4. The minimum Gasteiger partial charge on any atom is -0.379 e. The summed E-state index contributed by atoms with van der Waals surface area (Å²) in [4.78, 5) is 14.2. The SMILES string of the molecule is CC(C)N(C)CC(=O)N[C@@H]1COCC[C@@H]1OCc1ccccc1. The van der Waals surface area contributed by atoms with Gasteiger partial charge in [-0.25, -0.2) is 0 Å². The minimum absolute atomic E-state index is 0.00253. The van der Waals surface area contributed by atoms with Crippen molar-refractivity contribution >= 4 is 5.91 Å². The van der Waals surface area contributed by atoms with E-state index in [9.17, 15) is 4.79 Å². The van der Waals surface area contributed by atoms with E-state index >= 15 is 0 Å². The Hall–Kier alpha value is -1.43. The Labute approximate surface area is 139 Å². The highest BCUT2D eigenvalue weighted by Gasteiger charge is 2.28. The average Bonchev–Trinajstić information content (AvgIpc) is 2.54. The largest absolute Gasteiger partial charge is 0.379 e. The maximum absolute atomic E-state index is 12.2. The monoisotopic (exact) mass is 320 g/mol. The molecule has 0 aliphatic carbocycles. The van der Waals surface area contributed by atoms with Crippen LogP contribution in [0.1, 0.15) is 25.8 Å². The van der Waals surface area contributed by atoms with Crippen LogP contribution >= 0.6 is 0 Å². The summed E-state index contributed by atoms with van der Waals surface area (Å²) in [6.07, 6.45) is 0.801. The summed E-state index contributed by atoms with van der Waals surface area (Å²) < 4.78 is 11.5. The normalized spacial score (nSPS) is 21.6. The first-order valence-corrected chi connectivity index (χ1v) is 8.29. The molecule has 1 fully saturated rings. The number of carbonyl (C=O) groups excluding carboxylic acids is 1. The van der Waals surface area contributed by atoms with E-state index in [1.807, 2.05) is 42.3 Å². The number of ether oxygens (including phenoxy) is 2. The van der Waals surface area contributed by atoms with Gasteiger partial charge in [-0.1, -0.05) is 30.3 Å². The van der Waals surface area contributed by atoms with Gasteiger partial charge < -0.3 is 14.8 Å². The molecule has 0 aromatic heterocycles. The zero-order chi connectivity index (χ0) is 16.7. The van der Waals surface area contributed by atoms with Crippen molar-refractivity contribution < 1.29 is 14.3 Å². The molecule has 128 valence electrons. The third-order valence-electron chi connectivity index (χ3n) is 4.22. The van der Waals surface area contributed by atoms with E-state index in [2.05, 4.69) is 19.2 Å². The second kappa shape index (κ2) is 9.01. The minimum atomic E-state index is -0.0828. The van der Waals surface area contributed by atoms with Gasteiger partial charge >= 0.3 is 0 Å². The molecule has 5 heteroatoms. The van der Waals surface area contributed by atoms with Crippen molar-refractivity contribution in [2.45, 2.75) is 45.1 Å². The highest BCUT2D eigenvalue weighted by molar-refractivity contribution is 5.78. The van der Waals surface area contributed by atoms with Gasteiger partial charge in [0.05, 0.1) is 31.9 Å². The Kier molecular flexibility index (Phi) is 7.02. The van der Waals surface area contributed by atoms with E-state index in [4.69, 9.17) is 9.47 Å². The van der Waals surface area contributed by atoms with Crippen LogP contribution in [0.3, 0.4) is 0 Å². The lowest BCUT2D eigenvalue weighted by atomic mass is 10.1. The number of likely N-dealkylation sites (N-methyl/N-ethyl adjacent to an activating group) is 1. The molecule has 1 saturated heterocycles. The summed E-state index contributed by atoms with van der Waals surface area (Å²) in [5.74, 6) is 0.0185. The first kappa shape index (κ1) is 17.9. The number of carbonyl (C=O) groups is 1. The number of benzene rings is 1. The van der Waals surface area contributed by atoms with Crippen molar-refractivity contribution in [3.05, 3.63) is 35.9 Å². The summed E-state index contributed by atoms with van der Waals surface area (Å²) in [6.45, 7) is 6.28. The van der Waals surface area contributed by atoms with Gasteiger partial charge in [0.2, 0.25) is 5.91 Å². The van der Waals surface area contributed by atoms with E-state index in [0.29, 0.717) is 32.4 Å². The zero-order valence-electron chi connectivity index (χ0n) is 14.3. The zero-order valence-corrected chi connectivity index (χ0v) is 14.3. The summed E-state index contributed by atoms with van der Waals surface area (Å²) in [5, 5.41) is 3.06. The average molecular weight is 320 g/mol. The number of nitrogens with one attached hydrogen (secondary N) is 1. The van der Waals surface area contributed by atoms with E-state index in [1.54, 1.807) is 0 Å². The predicted molar refractivity (Wildman–Crippen MR) is 90.2 cm³/mol. The second-order valence-electron chi connectivity index (χ2n) is 6.38. The summed E-state index contributed by atoms with van der Waals surface area (Å²) in [5.41, 5.74) is 1.14. The molecule has 5 nitrogen and oxygen atoms in total. The molecule has 2 rings (SSSR count). The molecule has 1 amide bonds. The molecule has 1 heterocycles.